The fraction of sp³-hybridized carbons (Fsp3) is 0.800. The fourth-order valence-corrected chi connectivity index (χ4v) is 2.06. The van der Waals surface area contributed by atoms with E-state index in [0.29, 0.717) is 12.1 Å². The minimum atomic E-state index is 0.623. The highest BCUT2D eigenvalue weighted by molar-refractivity contribution is 5.01. The van der Waals surface area contributed by atoms with Crippen LogP contribution in [-0.4, -0.2) is 17.0 Å². The van der Waals surface area contributed by atoms with Crippen LogP contribution < -0.4 is 0 Å². The second-order valence-electron chi connectivity index (χ2n) is 3.81. The molecular weight excluding hydrogens is 134 g/mol. The molecule has 1 nitrogen and oxygen atoms in total. The van der Waals surface area contributed by atoms with E-state index in [1.165, 1.54) is 25.0 Å². The van der Waals surface area contributed by atoms with Crippen LogP contribution in [0.4, 0.5) is 0 Å². The maximum atomic E-state index is 4.09. The van der Waals surface area contributed by atoms with Gasteiger partial charge in [0.2, 0.25) is 0 Å². The first-order valence-electron chi connectivity index (χ1n) is 4.59. The number of piperidine rings is 1. The normalized spacial score (nSPS) is 26.4. The van der Waals surface area contributed by atoms with Crippen molar-refractivity contribution >= 4 is 0 Å². The number of hydrogen-bond acceptors (Lipinski definition) is 1. The molecule has 0 bridgehead atoms. The molecule has 0 aliphatic carbocycles. The van der Waals surface area contributed by atoms with Crippen LogP contribution in [0.2, 0.25) is 0 Å². The minimum Gasteiger partial charge on any atom is -0.370 e. The van der Waals surface area contributed by atoms with Gasteiger partial charge in [-0.25, -0.2) is 0 Å². The van der Waals surface area contributed by atoms with E-state index in [4.69, 9.17) is 0 Å². The van der Waals surface area contributed by atoms with E-state index < -0.39 is 0 Å². The van der Waals surface area contributed by atoms with Crippen molar-refractivity contribution in [2.24, 2.45) is 0 Å². The van der Waals surface area contributed by atoms with Gasteiger partial charge in [-0.1, -0.05) is 6.58 Å². The highest BCUT2D eigenvalue weighted by Gasteiger charge is 2.21. The first-order valence-corrected chi connectivity index (χ1v) is 4.59. The van der Waals surface area contributed by atoms with Crippen molar-refractivity contribution in [1.82, 2.24) is 4.90 Å². The Balaban J connectivity index is 2.63. The molecule has 0 radical (unpaired) electrons. The molecule has 1 saturated heterocycles. The molecule has 0 aromatic heterocycles. The van der Waals surface area contributed by atoms with Gasteiger partial charge in [0, 0.05) is 17.8 Å². The third-order valence-electron chi connectivity index (χ3n) is 2.48. The number of likely N-dealkylation sites (tertiary alicyclic amines) is 1. The molecule has 1 unspecified atom stereocenters. The molecule has 0 N–H and O–H groups in total. The zero-order valence-corrected chi connectivity index (χ0v) is 7.93. The Morgan fingerprint density at radius 1 is 1.55 bits per heavy atom. The molecule has 1 fully saturated rings. The van der Waals surface area contributed by atoms with Crippen LogP contribution >= 0.6 is 0 Å². The third kappa shape index (κ3) is 1.76. The molecule has 1 heteroatoms. The fourth-order valence-electron chi connectivity index (χ4n) is 2.06. The molecule has 1 heterocycles. The van der Waals surface area contributed by atoms with Gasteiger partial charge in [-0.15, -0.1) is 0 Å². The zero-order valence-electron chi connectivity index (χ0n) is 7.93. The summed E-state index contributed by atoms with van der Waals surface area (Å²) in [5.41, 5.74) is 1.33. The highest BCUT2D eigenvalue weighted by atomic mass is 15.2. The Labute approximate surface area is 70.1 Å². The van der Waals surface area contributed by atoms with Crippen LogP contribution in [0.5, 0.6) is 0 Å². The standard InChI is InChI=1S/C10H19N/c1-8(2)11-9(3)6-5-7-10(11)4/h8,10H,3,5-7H2,1-2,4H3. The summed E-state index contributed by atoms with van der Waals surface area (Å²) in [6.07, 6.45) is 3.85. The van der Waals surface area contributed by atoms with E-state index in [9.17, 15) is 0 Å². The molecule has 1 rings (SSSR count). The summed E-state index contributed by atoms with van der Waals surface area (Å²) >= 11 is 0. The molecule has 0 spiro atoms. The van der Waals surface area contributed by atoms with Crippen molar-refractivity contribution in [1.29, 1.82) is 0 Å². The Morgan fingerprint density at radius 3 is 2.55 bits per heavy atom. The van der Waals surface area contributed by atoms with E-state index in [1.807, 2.05) is 0 Å². The second kappa shape index (κ2) is 3.29. The van der Waals surface area contributed by atoms with E-state index in [1.54, 1.807) is 0 Å². The average Bonchev–Trinajstić information content (AvgIpc) is 1.85. The highest BCUT2D eigenvalue weighted by Crippen LogP contribution is 2.26. The number of hydrogen-bond donors (Lipinski definition) is 0. The Bertz CT molecular complexity index is 149. The molecule has 0 saturated carbocycles. The largest absolute Gasteiger partial charge is 0.370 e. The molecule has 0 amide bonds. The first kappa shape index (κ1) is 8.63. The quantitative estimate of drug-likeness (QED) is 0.560. The van der Waals surface area contributed by atoms with Gasteiger partial charge < -0.3 is 4.90 Å². The predicted octanol–water partition coefficient (Wildman–Crippen LogP) is 2.78. The summed E-state index contributed by atoms with van der Waals surface area (Å²) in [5.74, 6) is 0. The summed E-state index contributed by atoms with van der Waals surface area (Å²) < 4.78 is 0. The van der Waals surface area contributed by atoms with E-state index >= 15 is 0 Å². The molecule has 64 valence electrons. The van der Waals surface area contributed by atoms with Crippen LogP contribution in [-0.2, 0) is 0 Å². The van der Waals surface area contributed by atoms with Gasteiger partial charge in [-0.05, 0) is 40.0 Å². The molecule has 1 aliphatic rings. The molecule has 1 atom stereocenters. The predicted molar refractivity (Wildman–Crippen MR) is 49.4 cm³/mol. The van der Waals surface area contributed by atoms with Crippen molar-refractivity contribution < 1.29 is 0 Å². The molecule has 1 aliphatic heterocycles. The van der Waals surface area contributed by atoms with Crippen molar-refractivity contribution in [2.45, 2.75) is 52.1 Å². The van der Waals surface area contributed by atoms with Gasteiger partial charge in [0.25, 0.3) is 0 Å². The van der Waals surface area contributed by atoms with Crippen LogP contribution in [0.25, 0.3) is 0 Å². The van der Waals surface area contributed by atoms with Gasteiger partial charge in [0.1, 0.15) is 0 Å². The van der Waals surface area contributed by atoms with Crippen molar-refractivity contribution in [3.8, 4) is 0 Å². The van der Waals surface area contributed by atoms with Gasteiger partial charge in [0.15, 0.2) is 0 Å². The molecule has 11 heavy (non-hydrogen) atoms. The number of nitrogens with zero attached hydrogens (tertiary/aromatic N) is 1. The first-order chi connectivity index (χ1) is 5.13. The van der Waals surface area contributed by atoms with Gasteiger partial charge in [-0.3, -0.25) is 0 Å². The lowest BCUT2D eigenvalue weighted by Crippen LogP contribution is -2.40. The summed E-state index contributed by atoms with van der Waals surface area (Å²) in [6, 6.07) is 1.33. The topological polar surface area (TPSA) is 3.24 Å². The van der Waals surface area contributed by atoms with Gasteiger partial charge >= 0.3 is 0 Å². The second-order valence-corrected chi connectivity index (χ2v) is 3.81. The summed E-state index contributed by atoms with van der Waals surface area (Å²) in [5, 5.41) is 0. The molecular formula is C10H19N. The SMILES string of the molecule is C=C1CCCC(C)N1C(C)C. The minimum absolute atomic E-state index is 0.623. The monoisotopic (exact) mass is 153 g/mol. The van der Waals surface area contributed by atoms with E-state index in [2.05, 4.69) is 32.3 Å². The molecule has 0 aromatic carbocycles. The zero-order chi connectivity index (χ0) is 8.43. The van der Waals surface area contributed by atoms with E-state index in [-0.39, 0.29) is 0 Å². The Hall–Kier alpha value is -0.460. The van der Waals surface area contributed by atoms with Crippen LogP contribution in [0.3, 0.4) is 0 Å². The third-order valence-corrected chi connectivity index (χ3v) is 2.48. The van der Waals surface area contributed by atoms with Gasteiger partial charge in [-0.2, -0.15) is 0 Å². The van der Waals surface area contributed by atoms with Crippen LogP contribution in [0, 0.1) is 0 Å². The summed E-state index contributed by atoms with van der Waals surface area (Å²) in [7, 11) is 0. The Morgan fingerprint density at radius 2 is 2.18 bits per heavy atom. The maximum absolute atomic E-state index is 4.09. The maximum Gasteiger partial charge on any atom is 0.0261 e. The van der Waals surface area contributed by atoms with E-state index in [0.717, 1.165) is 0 Å². The van der Waals surface area contributed by atoms with Crippen LogP contribution in [0.15, 0.2) is 12.3 Å². The Kier molecular flexibility index (Phi) is 2.58. The average molecular weight is 153 g/mol. The number of rotatable bonds is 1. The van der Waals surface area contributed by atoms with Crippen LogP contribution in [0.1, 0.15) is 40.0 Å². The smallest absolute Gasteiger partial charge is 0.0261 e. The van der Waals surface area contributed by atoms with Crippen molar-refractivity contribution in [2.75, 3.05) is 0 Å². The lowest BCUT2D eigenvalue weighted by molar-refractivity contribution is 0.174. The summed E-state index contributed by atoms with van der Waals surface area (Å²) in [4.78, 5) is 2.45. The molecule has 0 aromatic rings. The lowest BCUT2D eigenvalue weighted by atomic mass is 9.99. The van der Waals surface area contributed by atoms with Crippen molar-refractivity contribution in [3.05, 3.63) is 12.3 Å². The summed E-state index contributed by atoms with van der Waals surface area (Å²) in [6.45, 7) is 10.9. The lowest BCUT2D eigenvalue weighted by Gasteiger charge is -2.40. The van der Waals surface area contributed by atoms with Crippen molar-refractivity contribution in [3.63, 3.8) is 0 Å². The number of allylic oxidation sites excluding steroid dienone is 1. The van der Waals surface area contributed by atoms with Gasteiger partial charge in [0.05, 0.1) is 0 Å².